The van der Waals surface area contributed by atoms with E-state index in [4.69, 9.17) is 9.52 Å². The lowest BCUT2D eigenvalue weighted by atomic mass is 10.3. The lowest BCUT2D eigenvalue weighted by molar-refractivity contribution is 0.0660. The van der Waals surface area contributed by atoms with Crippen molar-refractivity contribution in [2.45, 2.75) is 6.54 Å². The average molecular weight is 296 g/mol. The number of hydrogen-bond donors (Lipinski definition) is 4. The molecule has 0 aliphatic carbocycles. The van der Waals surface area contributed by atoms with Crippen molar-refractivity contribution < 1.29 is 19.1 Å². The molecule has 4 N–H and O–H groups in total. The van der Waals surface area contributed by atoms with Crippen molar-refractivity contribution >= 4 is 12.0 Å². The number of nitrogens with zero attached hydrogens (tertiary/aromatic N) is 1. The molecular formula is C13H20N4O4. The summed E-state index contributed by atoms with van der Waals surface area (Å²) in [5.41, 5.74) is 0. The lowest BCUT2D eigenvalue weighted by Crippen LogP contribution is -2.47. The quantitative estimate of drug-likeness (QED) is 0.573. The minimum Gasteiger partial charge on any atom is -0.475 e. The summed E-state index contributed by atoms with van der Waals surface area (Å²) in [4.78, 5) is 24.5. The Morgan fingerprint density at radius 1 is 1.29 bits per heavy atom. The summed E-state index contributed by atoms with van der Waals surface area (Å²) in [5, 5.41) is 17.4. The maximum absolute atomic E-state index is 11.6. The second kappa shape index (κ2) is 7.65. The number of rotatable bonds is 6. The molecule has 2 heterocycles. The Morgan fingerprint density at radius 2 is 2.05 bits per heavy atom. The van der Waals surface area contributed by atoms with E-state index in [1.807, 2.05) is 0 Å². The number of carboxylic acids is 1. The molecule has 8 heteroatoms. The van der Waals surface area contributed by atoms with Gasteiger partial charge in [-0.3, -0.25) is 4.90 Å². The van der Waals surface area contributed by atoms with Gasteiger partial charge in [0, 0.05) is 39.3 Å². The van der Waals surface area contributed by atoms with Gasteiger partial charge in [0.1, 0.15) is 5.76 Å². The van der Waals surface area contributed by atoms with Gasteiger partial charge in [-0.05, 0) is 12.1 Å². The number of furan rings is 1. The third-order valence-electron chi connectivity index (χ3n) is 3.22. The minimum absolute atomic E-state index is 0.133. The van der Waals surface area contributed by atoms with E-state index in [1.54, 1.807) is 0 Å². The predicted octanol–water partition coefficient (Wildman–Crippen LogP) is -0.318. The van der Waals surface area contributed by atoms with Crippen LogP contribution >= 0.6 is 0 Å². The second-order valence-corrected chi connectivity index (χ2v) is 4.77. The first-order valence-corrected chi connectivity index (χ1v) is 6.92. The number of carboxylic acid groups (broad SMARTS) is 1. The third-order valence-corrected chi connectivity index (χ3v) is 3.22. The Hall–Kier alpha value is -2.06. The molecule has 8 nitrogen and oxygen atoms in total. The van der Waals surface area contributed by atoms with Crippen molar-refractivity contribution in [3.63, 3.8) is 0 Å². The molecule has 2 amide bonds. The molecule has 1 saturated heterocycles. The second-order valence-electron chi connectivity index (χ2n) is 4.77. The predicted molar refractivity (Wildman–Crippen MR) is 75.2 cm³/mol. The van der Waals surface area contributed by atoms with E-state index in [0.29, 0.717) is 12.3 Å². The lowest BCUT2D eigenvalue weighted by Gasteiger charge is -2.27. The number of carbonyl (C=O) groups is 2. The first-order chi connectivity index (χ1) is 10.1. The zero-order valence-electron chi connectivity index (χ0n) is 11.7. The van der Waals surface area contributed by atoms with Gasteiger partial charge in [0.05, 0.1) is 6.54 Å². The Bertz CT molecular complexity index is 482. The van der Waals surface area contributed by atoms with Crippen LogP contribution in [0.25, 0.3) is 0 Å². The van der Waals surface area contributed by atoms with Crippen molar-refractivity contribution in [2.24, 2.45) is 0 Å². The SMILES string of the molecule is O=C(NCCN1CCNCC1)NCc1ccc(C(=O)O)o1. The van der Waals surface area contributed by atoms with E-state index in [0.717, 1.165) is 32.7 Å². The molecular weight excluding hydrogens is 276 g/mol. The van der Waals surface area contributed by atoms with Crippen LogP contribution in [-0.4, -0.2) is 61.3 Å². The molecule has 1 aliphatic rings. The van der Waals surface area contributed by atoms with Crippen LogP contribution in [0.2, 0.25) is 0 Å². The molecule has 1 fully saturated rings. The van der Waals surface area contributed by atoms with Crippen LogP contribution in [0.5, 0.6) is 0 Å². The Labute approximate surface area is 122 Å². The molecule has 0 radical (unpaired) electrons. The zero-order valence-corrected chi connectivity index (χ0v) is 11.7. The number of piperazine rings is 1. The Morgan fingerprint density at radius 3 is 2.71 bits per heavy atom. The fourth-order valence-corrected chi connectivity index (χ4v) is 2.08. The summed E-state index contributed by atoms with van der Waals surface area (Å²) in [6.45, 7) is 5.50. The van der Waals surface area contributed by atoms with Gasteiger partial charge in [0.2, 0.25) is 5.76 Å². The zero-order chi connectivity index (χ0) is 15.1. The maximum Gasteiger partial charge on any atom is 0.371 e. The fraction of sp³-hybridized carbons (Fsp3) is 0.538. The molecule has 1 aromatic rings. The van der Waals surface area contributed by atoms with Crippen LogP contribution in [0, 0.1) is 0 Å². The molecule has 0 saturated carbocycles. The van der Waals surface area contributed by atoms with E-state index in [-0.39, 0.29) is 18.3 Å². The van der Waals surface area contributed by atoms with E-state index in [9.17, 15) is 9.59 Å². The molecule has 0 spiro atoms. The van der Waals surface area contributed by atoms with Crippen LogP contribution in [-0.2, 0) is 6.54 Å². The molecule has 21 heavy (non-hydrogen) atoms. The van der Waals surface area contributed by atoms with E-state index in [1.165, 1.54) is 12.1 Å². The number of nitrogens with one attached hydrogen (secondary N) is 3. The molecule has 1 aromatic heterocycles. The average Bonchev–Trinajstić information content (AvgIpc) is 2.95. The monoisotopic (exact) mass is 296 g/mol. The van der Waals surface area contributed by atoms with Gasteiger partial charge in [-0.25, -0.2) is 9.59 Å². The van der Waals surface area contributed by atoms with E-state index in [2.05, 4.69) is 20.9 Å². The summed E-state index contributed by atoms with van der Waals surface area (Å²) in [6, 6.07) is 2.60. The Kier molecular flexibility index (Phi) is 5.59. The van der Waals surface area contributed by atoms with Crippen LogP contribution in [0.4, 0.5) is 4.79 Å². The van der Waals surface area contributed by atoms with Crippen molar-refractivity contribution in [1.82, 2.24) is 20.9 Å². The number of urea groups is 1. The Balaban J connectivity index is 1.61. The molecule has 0 bridgehead atoms. The van der Waals surface area contributed by atoms with Gasteiger partial charge in [-0.1, -0.05) is 0 Å². The summed E-state index contributed by atoms with van der Waals surface area (Å²) < 4.78 is 5.04. The van der Waals surface area contributed by atoms with Gasteiger partial charge in [-0.2, -0.15) is 0 Å². The fourth-order valence-electron chi connectivity index (χ4n) is 2.08. The van der Waals surface area contributed by atoms with Crippen molar-refractivity contribution in [3.05, 3.63) is 23.7 Å². The minimum atomic E-state index is -1.12. The van der Waals surface area contributed by atoms with Crippen LogP contribution < -0.4 is 16.0 Å². The highest BCUT2D eigenvalue weighted by atomic mass is 16.4. The standard InChI is InChI=1S/C13H20N4O4/c18-12(19)11-2-1-10(21-11)9-16-13(20)15-5-8-17-6-3-14-4-7-17/h1-2,14H,3-9H2,(H,18,19)(H2,15,16,20). The van der Waals surface area contributed by atoms with Gasteiger partial charge in [0.15, 0.2) is 0 Å². The number of carbonyl (C=O) groups excluding carboxylic acids is 1. The first-order valence-electron chi connectivity index (χ1n) is 6.92. The maximum atomic E-state index is 11.6. The normalized spacial score (nSPS) is 15.6. The molecule has 0 atom stereocenters. The molecule has 1 aliphatic heterocycles. The highest BCUT2D eigenvalue weighted by Gasteiger charge is 2.11. The van der Waals surface area contributed by atoms with Crippen molar-refractivity contribution in [3.8, 4) is 0 Å². The van der Waals surface area contributed by atoms with E-state index >= 15 is 0 Å². The van der Waals surface area contributed by atoms with Crippen LogP contribution in [0.1, 0.15) is 16.3 Å². The van der Waals surface area contributed by atoms with Gasteiger partial charge < -0.3 is 25.5 Å². The van der Waals surface area contributed by atoms with Gasteiger partial charge in [0.25, 0.3) is 0 Å². The number of amides is 2. The summed E-state index contributed by atoms with van der Waals surface area (Å²) in [7, 11) is 0. The topological polar surface area (TPSA) is 107 Å². The molecule has 0 unspecified atom stereocenters. The van der Waals surface area contributed by atoms with Crippen LogP contribution in [0.3, 0.4) is 0 Å². The summed E-state index contributed by atoms with van der Waals surface area (Å²) in [5.74, 6) is -0.850. The number of aromatic carboxylic acids is 1. The highest BCUT2D eigenvalue weighted by molar-refractivity contribution is 5.84. The first kappa shape index (κ1) is 15.3. The summed E-state index contributed by atoms with van der Waals surface area (Å²) in [6.07, 6.45) is 0. The smallest absolute Gasteiger partial charge is 0.371 e. The van der Waals surface area contributed by atoms with Crippen molar-refractivity contribution in [2.75, 3.05) is 39.3 Å². The van der Waals surface area contributed by atoms with Gasteiger partial charge >= 0.3 is 12.0 Å². The molecule has 116 valence electrons. The molecule has 2 rings (SSSR count). The largest absolute Gasteiger partial charge is 0.475 e. The molecule has 0 aromatic carbocycles. The van der Waals surface area contributed by atoms with Crippen molar-refractivity contribution in [1.29, 1.82) is 0 Å². The highest BCUT2D eigenvalue weighted by Crippen LogP contribution is 2.07. The van der Waals surface area contributed by atoms with E-state index < -0.39 is 5.97 Å². The van der Waals surface area contributed by atoms with Gasteiger partial charge in [-0.15, -0.1) is 0 Å². The third kappa shape index (κ3) is 5.09. The van der Waals surface area contributed by atoms with Crippen LogP contribution in [0.15, 0.2) is 16.5 Å². The number of hydrogen-bond acceptors (Lipinski definition) is 5. The summed E-state index contributed by atoms with van der Waals surface area (Å²) >= 11 is 0.